The van der Waals surface area contributed by atoms with Gasteiger partial charge in [0.05, 0.1) is 11.1 Å². The number of para-hydroxylation sites is 1. The molecule has 0 bridgehead atoms. The standard InChI is InChI=1S/C25H29FN4O3/c1-16-8-9-17-19(14-16)27-22(18-6-4-5-7-20(18)31)28-23(17)29-10-12-30(13-11-29)24(33)21(32)15-25(2,3)26/h4-9,14,21,31-32H,10-13,15H2,1-3H3. The molecular weight excluding hydrogens is 423 g/mol. The average molecular weight is 453 g/mol. The van der Waals surface area contributed by atoms with E-state index in [1.54, 1.807) is 23.1 Å². The third-order valence-corrected chi connectivity index (χ3v) is 5.83. The van der Waals surface area contributed by atoms with Gasteiger partial charge < -0.3 is 20.0 Å². The van der Waals surface area contributed by atoms with Crippen molar-refractivity contribution in [3.05, 3.63) is 48.0 Å². The number of amides is 1. The van der Waals surface area contributed by atoms with Crippen LogP contribution >= 0.6 is 0 Å². The first-order valence-electron chi connectivity index (χ1n) is 11.1. The highest BCUT2D eigenvalue weighted by Crippen LogP contribution is 2.32. The normalized spacial score (nSPS) is 15.7. The zero-order valence-electron chi connectivity index (χ0n) is 19.1. The number of aryl methyl sites for hydroxylation is 1. The van der Waals surface area contributed by atoms with Crippen molar-refractivity contribution in [1.29, 1.82) is 0 Å². The molecule has 1 aromatic heterocycles. The summed E-state index contributed by atoms with van der Waals surface area (Å²) in [6.07, 6.45) is -1.58. The number of aliphatic hydroxyl groups is 1. The molecule has 1 amide bonds. The summed E-state index contributed by atoms with van der Waals surface area (Å²) in [5, 5.41) is 21.4. The fourth-order valence-corrected chi connectivity index (χ4v) is 4.14. The predicted octanol–water partition coefficient (Wildman–Crippen LogP) is 3.46. The number of benzene rings is 2. The van der Waals surface area contributed by atoms with E-state index in [9.17, 15) is 19.4 Å². The average Bonchev–Trinajstić information content (AvgIpc) is 2.77. The third kappa shape index (κ3) is 5.06. The van der Waals surface area contributed by atoms with E-state index in [0.717, 1.165) is 22.3 Å². The van der Waals surface area contributed by atoms with Crippen LogP contribution in [-0.2, 0) is 4.79 Å². The number of carbonyl (C=O) groups excluding carboxylic acids is 1. The number of aliphatic hydroxyl groups excluding tert-OH is 1. The smallest absolute Gasteiger partial charge is 0.251 e. The molecular formula is C25H29FN4O3. The van der Waals surface area contributed by atoms with Crippen molar-refractivity contribution in [3.63, 3.8) is 0 Å². The second-order valence-corrected chi connectivity index (χ2v) is 9.16. The molecule has 1 aliphatic rings. The van der Waals surface area contributed by atoms with E-state index >= 15 is 0 Å². The molecule has 174 valence electrons. The van der Waals surface area contributed by atoms with Crippen LogP contribution < -0.4 is 4.90 Å². The van der Waals surface area contributed by atoms with Gasteiger partial charge >= 0.3 is 0 Å². The van der Waals surface area contributed by atoms with Crippen molar-refractivity contribution < 1.29 is 19.4 Å². The number of piperazine rings is 1. The number of hydrogen-bond donors (Lipinski definition) is 2. The van der Waals surface area contributed by atoms with Crippen molar-refractivity contribution in [2.24, 2.45) is 0 Å². The van der Waals surface area contributed by atoms with Crippen LogP contribution in [0.25, 0.3) is 22.3 Å². The lowest BCUT2D eigenvalue weighted by Gasteiger charge is -2.37. The molecule has 0 aliphatic carbocycles. The molecule has 0 radical (unpaired) electrons. The molecule has 33 heavy (non-hydrogen) atoms. The second-order valence-electron chi connectivity index (χ2n) is 9.16. The minimum absolute atomic E-state index is 0.107. The van der Waals surface area contributed by atoms with Crippen molar-refractivity contribution in [1.82, 2.24) is 14.9 Å². The summed E-state index contributed by atoms with van der Waals surface area (Å²) in [5.74, 6) is 0.824. The summed E-state index contributed by atoms with van der Waals surface area (Å²) in [6.45, 7) is 6.51. The number of alkyl halides is 1. The van der Waals surface area contributed by atoms with Gasteiger partial charge in [-0.25, -0.2) is 14.4 Å². The van der Waals surface area contributed by atoms with Crippen molar-refractivity contribution in [2.45, 2.75) is 39.0 Å². The van der Waals surface area contributed by atoms with Crippen LogP contribution in [0.15, 0.2) is 42.5 Å². The molecule has 2 N–H and O–H groups in total. The number of anilines is 1. The van der Waals surface area contributed by atoms with Crippen LogP contribution in [0.4, 0.5) is 10.2 Å². The fourth-order valence-electron chi connectivity index (χ4n) is 4.14. The molecule has 1 unspecified atom stereocenters. The first-order valence-corrected chi connectivity index (χ1v) is 11.1. The molecule has 0 saturated carbocycles. The maximum absolute atomic E-state index is 13.9. The fraction of sp³-hybridized carbons (Fsp3) is 0.400. The Morgan fingerprint density at radius 1 is 1.12 bits per heavy atom. The van der Waals surface area contributed by atoms with E-state index < -0.39 is 17.7 Å². The minimum Gasteiger partial charge on any atom is -0.507 e. The Bertz CT molecular complexity index is 1170. The van der Waals surface area contributed by atoms with Gasteiger partial charge in [-0.1, -0.05) is 18.2 Å². The molecule has 7 nitrogen and oxygen atoms in total. The van der Waals surface area contributed by atoms with Crippen LogP contribution in [0, 0.1) is 6.92 Å². The van der Waals surface area contributed by atoms with Crippen LogP contribution in [0.3, 0.4) is 0 Å². The van der Waals surface area contributed by atoms with E-state index in [2.05, 4.69) is 4.90 Å². The third-order valence-electron chi connectivity index (χ3n) is 5.83. The van der Waals surface area contributed by atoms with Crippen LogP contribution in [0.2, 0.25) is 0 Å². The minimum atomic E-state index is -1.62. The van der Waals surface area contributed by atoms with E-state index in [0.29, 0.717) is 37.6 Å². The highest BCUT2D eigenvalue weighted by molar-refractivity contribution is 5.92. The van der Waals surface area contributed by atoms with Crippen molar-refractivity contribution in [3.8, 4) is 17.1 Å². The van der Waals surface area contributed by atoms with Crippen molar-refractivity contribution in [2.75, 3.05) is 31.1 Å². The Labute approximate surface area is 192 Å². The van der Waals surface area contributed by atoms with Crippen LogP contribution in [0.1, 0.15) is 25.8 Å². The summed E-state index contributed by atoms with van der Waals surface area (Å²) in [5.41, 5.74) is 0.773. The van der Waals surface area contributed by atoms with Gasteiger partial charge in [0, 0.05) is 38.0 Å². The number of rotatable bonds is 5. The molecule has 8 heteroatoms. The number of phenols is 1. The Kier molecular flexibility index (Phi) is 6.21. The van der Waals surface area contributed by atoms with Gasteiger partial charge in [-0.2, -0.15) is 0 Å². The maximum Gasteiger partial charge on any atom is 0.251 e. The van der Waals surface area contributed by atoms with Gasteiger partial charge in [-0.05, 0) is 50.6 Å². The largest absolute Gasteiger partial charge is 0.507 e. The van der Waals surface area contributed by atoms with Gasteiger partial charge in [0.25, 0.3) is 5.91 Å². The lowest BCUT2D eigenvalue weighted by Crippen LogP contribution is -2.52. The highest BCUT2D eigenvalue weighted by Gasteiger charge is 2.31. The zero-order valence-corrected chi connectivity index (χ0v) is 19.1. The molecule has 4 rings (SSSR count). The second kappa shape index (κ2) is 8.94. The summed E-state index contributed by atoms with van der Waals surface area (Å²) < 4.78 is 13.9. The predicted molar refractivity (Wildman–Crippen MR) is 126 cm³/mol. The number of aromatic hydroxyl groups is 1. The van der Waals surface area contributed by atoms with Crippen LogP contribution in [-0.4, -0.2) is 68.9 Å². The SMILES string of the molecule is Cc1ccc2c(N3CCN(C(=O)C(O)CC(C)(C)F)CC3)nc(-c3ccccc3O)nc2c1. The van der Waals surface area contributed by atoms with E-state index in [1.165, 1.54) is 13.8 Å². The number of nitrogens with zero attached hydrogens (tertiary/aromatic N) is 4. The first kappa shape index (κ1) is 22.9. The molecule has 2 aromatic carbocycles. The quantitative estimate of drug-likeness (QED) is 0.616. The van der Waals surface area contributed by atoms with Crippen LogP contribution in [0.5, 0.6) is 5.75 Å². The first-order chi connectivity index (χ1) is 15.6. The Morgan fingerprint density at radius 2 is 1.82 bits per heavy atom. The van der Waals surface area contributed by atoms with E-state index in [4.69, 9.17) is 9.97 Å². The van der Waals surface area contributed by atoms with E-state index in [-0.39, 0.29) is 12.2 Å². The lowest BCUT2D eigenvalue weighted by molar-refractivity contribution is -0.142. The molecule has 2 heterocycles. The number of fused-ring (bicyclic) bond motifs is 1. The summed E-state index contributed by atoms with van der Waals surface area (Å²) in [4.78, 5) is 25.7. The summed E-state index contributed by atoms with van der Waals surface area (Å²) in [7, 11) is 0. The summed E-state index contributed by atoms with van der Waals surface area (Å²) in [6, 6.07) is 12.9. The molecule has 3 aromatic rings. The number of aromatic nitrogens is 2. The summed E-state index contributed by atoms with van der Waals surface area (Å²) >= 11 is 0. The maximum atomic E-state index is 13.9. The number of carbonyl (C=O) groups is 1. The monoisotopic (exact) mass is 452 g/mol. The zero-order chi connectivity index (χ0) is 23.8. The molecule has 0 spiro atoms. The topological polar surface area (TPSA) is 89.8 Å². The van der Waals surface area contributed by atoms with Gasteiger partial charge in [0.1, 0.15) is 23.3 Å². The highest BCUT2D eigenvalue weighted by atomic mass is 19.1. The molecule has 1 fully saturated rings. The van der Waals surface area contributed by atoms with Gasteiger partial charge in [0.15, 0.2) is 5.82 Å². The Morgan fingerprint density at radius 3 is 2.48 bits per heavy atom. The number of halogens is 1. The number of hydrogen-bond acceptors (Lipinski definition) is 6. The van der Waals surface area contributed by atoms with Gasteiger partial charge in [-0.15, -0.1) is 0 Å². The van der Waals surface area contributed by atoms with Gasteiger partial charge in [-0.3, -0.25) is 4.79 Å². The Hall–Kier alpha value is -3.26. The lowest BCUT2D eigenvalue weighted by atomic mass is 10.0. The van der Waals surface area contributed by atoms with Gasteiger partial charge in [0.2, 0.25) is 0 Å². The van der Waals surface area contributed by atoms with E-state index in [1.807, 2.05) is 31.2 Å². The van der Waals surface area contributed by atoms with Crippen molar-refractivity contribution >= 4 is 22.6 Å². The number of phenolic OH excluding ortho intramolecular Hbond substituents is 1. The molecule has 1 aliphatic heterocycles. The molecule has 1 saturated heterocycles. The molecule has 1 atom stereocenters. The Balaban J connectivity index is 1.61.